The molecule has 1 unspecified atom stereocenters. The molecular formula is C13H20BrN3O. The smallest absolute Gasteiger partial charge is 0.250 e. The second kappa shape index (κ2) is 5.71. The van der Waals surface area contributed by atoms with Crippen molar-refractivity contribution in [3.8, 4) is 0 Å². The van der Waals surface area contributed by atoms with E-state index in [9.17, 15) is 4.79 Å². The van der Waals surface area contributed by atoms with E-state index in [-0.39, 0.29) is 11.5 Å². The zero-order valence-electron chi connectivity index (χ0n) is 11.0. The lowest BCUT2D eigenvalue weighted by Crippen LogP contribution is -2.40. The lowest BCUT2D eigenvalue weighted by Gasteiger charge is -2.31. The first-order valence-electron chi connectivity index (χ1n) is 5.81. The van der Waals surface area contributed by atoms with Crippen molar-refractivity contribution >= 4 is 27.5 Å². The SMILES string of the molecule is CC(C)(C)C(CN)Nc1cc(Br)ccc1C(N)=O. The molecule has 0 fully saturated rings. The number of amides is 1. The van der Waals surface area contributed by atoms with Crippen LogP contribution in [0.25, 0.3) is 0 Å². The van der Waals surface area contributed by atoms with Gasteiger partial charge in [-0.15, -0.1) is 0 Å². The van der Waals surface area contributed by atoms with Crippen molar-refractivity contribution in [2.45, 2.75) is 26.8 Å². The maximum Gasteiger partial charge on any atom is 0.250 e. The minimum Gasteiger partial charge on any atom is -0.380 e. The lowest BCUT2D eigenvalue weighted by molar-refractivity contribution is 0.100. The van der Waals surface area contributed by atoms with Crippen LogP contribution in [0.1, 0.15) is 31.1 Å². The molecule has 4 nitrogen and oxygen atoms in total. The van der Waals surface area contributed by atoms with Gasteiger partial charge in [0.2, 0.25) is 0 Å². The van der Waals surface area contributed by atoms with E-state index in [2.05, 4.69) is 42.0 Å². The molecule has 1 aromatic rings. The average Bonchev–Trinajstić information content (AvgIpc) is 2.23. The van der Waals surface area contributed by atoms with Crippen LogP contribution in [0.2, 0.25) is 0 Å². The fourth-order valence-electron chi connectivity index (χ4n) is 1.67. The zero-order valence-corrected chi connectivity index (χ0v) is 12.5. The van der Waals surface area contributed by atoms with Crippen LogP contribution in [0.3, 0.4) is 0 Å². The summed E-state index contributed by atoms with van der Waals surface area (Å²) in [6.45, 7) is 6.77. The highest BCUT2D eigenvalue weighted by molar-refractivity contribution is 9.10. The minimum atomic E-state index is -0.449. The van der Waals surface area contributed by atoms with E-state index < -0.39 is 5.91 Å². The maximum atomic E-state index is 11.4. The van der Waals surface area contributed by atoms with Gasteiger partial charge in [-0.05, 0) is 23.6 Å². The summed E-state index contributed by atoms with van der Waals surface area (Å²) in [5.74, 6) is -0.449. The van der Waals surface area contributed by atoms with Crippen LogP contribution in [0.5, 0.6) is 0 Å². The van der Waals surface area contributed by atoms with E-state index in [1.165, 1.54) is 0 Å². The number of halogens is 1. The molecule has 5 heteroatoms. The molecule has 1 atom stereocenters. The Morgan fingerprint density at radius 1 is 1.44 bits per heavy atom. The number of rotatable bonds is 4. The molecular weight excluding hydrogens is 294 g/mol. The number of carbonyl (C=O) groups excluding carboxylic acids is 1. The van der Waals surface area contributed by atoms with Crippen LogP contribution in [0, 0.1) is 5.41 Å². The summed E-state index contributed by atoms with van der Waals surface area (Å²) >= 11 is 3.38. The number of hydrogen-bond donors (Lipinski definition) is 3. The van der Waals surface area contributed by atoms with Crippen LogP contribution in [-0.2, 0) is 0 Å². The third kappa shape index (κ3) is 3.71. The standard InChI is InChI=1S/C13H20BrN3O/c1-13(2,3)11(7-15)17-10-6-8(14)4-5-9(10)12(16)18/h4-6,11,17H,7,15H2,1-3H3,(H2,16,18). The van der Waals surface area contributed by atoms with Gasteiger partial charge in [0.1, 0.15) is 0 Å². The molecule has 1 amide bonds. The lowest BCUT2D eigenvalue weighted by atomic mass is 9.86. The van der Waals surface area contributed by atoms with Gasteiger partial charge in [0.05, 0.1) is 5.56 Å². The molecule has 1 rings (SSSR count). The monoisotopic (exact) mass is 313 g/mol. The van der Waals surface area contributed by atoms with Gasteiger partial charge < -0.3 is 16.8 Å². The number of primary amides is 1. The first-order valence-corrected chi connectivity index (χ1v) is 6.61. The van der Waals surface area contributed by atoms with Gasteiger partial charge in [-0.1, -0.05) is 36.7 Å². The summed E-state index contributed by atoms with van der Waals surface area (Å²) in [5, 5.41) is 3.30. The second-order valence-electron chi connectivity index (χ2n) is 5.35. The molecule has 0 aliphatic heterocycles. The molecule has 100 valence electrons. The third-order valence-corrected chi connectivity index (χ3v) is 3.35. The van der Waals surface area contributed by atoms with Crippen molar-refractivity contribution in [3.63, 3.8) is 0 Å². The topological polar surface area (TPSA) is 81.1 Å². The van der Waals surface area contributed by atoms with E-state index in [4.69, 9.17) is 11.5 Å². The largest absolute Gasteiger partial charge is 0.380 e. The third-order valence-electron chi connectivity index (χ3n) is 2.86. The molecule has 0 bridgehead atoms. The number of nitrogens with two attached hydrogens (primary N) is 2. The Balaban J connectivity index is 3.09. The first-order chi connectivity index (χ1) is 8.25. The van der Waals surface area contributed by atoms with Gasteiger partial charge in [0, 0.05) is 22.7 Å². The summed E-state index contributed by atoms with van der Waals surface area (Å²) in [6, 6.07) is 5.39. The summed E-state index contributed by atoms with van der Waals surface area (Å²) in [5.41, 5.74) is 12.3. The number of anilines is 1. The predicted octanol–water partition coefficient (Wildman–Crippen LogP) is 2.33. The van der Waals surface area contributed by atoms with Crippen LogP contribution < -0.4 is 16.8 Å². The van der Waals surface area contributed by atoms with Crippen LogP contribution in [0.15, 0.2) is 22.7 Å². The van der Waals surface area contributed by atoms with E-state index in [0.717, 1.165) is 4.47 Å². The number of benzene rings is 1. The molecule has 0 aliphatic rings. The van der Waals surface area contributed by atoms with Gasteiger partial charge >= 0.3 is 0 Å². The summed E-state index contributed by atoms with van der Waals surface area (Å²) in [7, 11) is 0. The highest BCUT2D eigenvalue weighted by Gasteiger charge is 2.24. The molecule has 0 radical (unpaired) electrons. The number of hydrogen-bond acceptors (Lipinski definition) is 3. The van der Waals surface area contributed by atoms with E-state index in [1.807, 2.05) is 6.07 Å². The Morgan fingerprint density at radius 3 is 2.50 bits per heavy atom. The Kier molecular flexibility index (Phi) is 4.76. The van der Waals surface area contributed by atoms with Crippen molar-refractivity contribution in [2.75, 3.05) is 11.9 Å². The fraction of sp³-hybridized carbons (Fsp3) is 0.462. The van der Waals surface area contributed by atoms with Crippen molar-refractivity contribution in [1.82, 2.24) is 0 Å². The van der Waals surface area contributed by atoms with Crippen LogP contribution >= 0.6 is 15.9 Å². The number of carbonyl (C=O) groups is 1. The molecule has 0 saturated carbocycles. The molecule has 18 heavy (non-hydrogen) atoms. The molecule has 5 N–H and O–H groups in total. The molecule has 0 spiro atoms. The van der Waals surface area contributed by atoms with Crippen molar-refractivity contribution in [3.05, 3.63) is 28.2 Å². The highest BCUT2D eigenvalue weighted by Crippen LogP contribution is 2.26. The predicted molar refractivity (Wildman–Crippen MR) is 78.6 cm³/mol. The van der Waals surface area contributed by atoms with E-state index in [1.54, 1.807) is 12.1 Å². The van der Waals surface area contributed by atoms with Gasteiger partial charge in [0.15, 0.2) is 0 Å². The quantitative estimate of drug-likeness (QED) is 0.798. The summed E-state index contributed by atoms with van der Waals surface area (Å²) < 4.78 is 0.889. The van der Waals surface area contributed by atoms with E-state index >= 15 is 0 Å². The van der Waals surface area contributed by atoms with Crippen molar-refractivity contribution < 1.29 is 4.79 Å². The van der Waals surface area contributed by atoms with Gasteiger partial charge in [-0.25, -0.2) is 0 Å². The zero-order chi connectivity index (χ0) is 13.9. The molecule has 0 saturated heterocycles. The molecule has 0 heterocycles. The normalized spacial score (nSPS) is 13.2. The van der Waals surface area contributed by atoms with Crippen LogP contribution in [-0.4, -0.2) is 18.5 Å². The Hall–Kier alpha value is -1.07. The Bertz CT molecular complexity index is 440. The Labute approximate surface area is 116 Å². The van der Waals surface area contributed by atoms with Gasteiger partial charge in [-0.2, -0.15) is 0 Å². The first kappa shape index (κ1) is 15.0. The van der Waals surface area contributed by atoms with Crippen molar-refractivity contribution in [2.24, 2.45) is 16.9 Å². The second-order valence-corrected chi connectivity index (χ2v) is 6.27. The highest BCUT2D eigenvalue weighted by atomic mass is 79.9. The van der Waals surface area contributed by atoms with Crippen molar-refractivity contribution in [1.29, 1.82) is 0 Å². The number of nitrogens with one attached hydrogen (secondary N) is 1. The summed E-state index contributed by atoms with van der Waals surface area (Å²) in [4.78, 5) is 11.4. The van der Waals surface area contributed by atoms with Gasteiger partial charge in [-0.3, -0.25) is 4.79 Å². The molecule has 0 aliphatic carbocycles. The summed E-state index contributed by atoms with van der Waals surface area (Å²) in [6.07, 6.45) is 0. The van der Waals surface area contributed by atoms with Gasteiger partial charge in [0.25, 0.3) is 5.91 Å². The Morgan fingerprint density at radius 2 is 2.06 bits per heavy atom. The fourth-order valence-corrected chi connectivity index (χ4v) is 2.03. The molecule has 0 aromatic heterocycles. The van der Waals surface area contributed by atoms with E-state index in [0.29, 0.717) is 17.8 Å². The average molecular weight is 314 g/mol. The maximum absolute atomic E-state index is 11.4. The minimum absolute atomic E-state index is 0.00795. The van der Waals surface area contributed by atoms with Crippen LogP contribution in [0.4, 0.5) is 5.69 Å². The molecule has 1 aromatic carbocycles.